The summed E-state index contributed by atoms with van der Waals surface area (Å²) in [7, 11) is 1.82. The van der Waals surface area contributed by atoms with Crippen molar-refractivity contribution in [2.75, 3.05) is 19.0 Å². The summed E-state index contributed by atoms with van der Waals surface area (Å²) in [5.41, 5.74) is 0. The van der Waals surface area contributed by atoms with E-state index in [9.17, 15) is 0 Å². The molecule has 0 fully saturated rings. The molecule has 5 nitrogen and oxygen atoms in total. The minimum atomic E-state index is 0.396. The quantitative estimate of drug-likeness (QED) is 0.826. The molecule has 106 valence electrons. The van der Waals surface area contributed by atoms with Crippen molar-refractivity contribution < 1.29 is 4.74 Å². The number of ether oxygens (including phenoxy) is 1. The van der Waals surface area contributed by atoms with Crippen LogP contribution in [0.25, 0.3) is 0 Å². The van der Waals surface area contributed by atoms with Crippen LogP contribution in [0.4, 0.5) is 5.82 Å². The molecule has 2 heterocycles. The first-order chi connectivity index (χ1) is 9.71. The van der Waals surface area contributed by atoms with Crippen LogP contribution in [0.2, 0.25) is 5.02 Å². The molecular formula is C13H15ClN4OS. The highest BCUT2D eigenvalue weighted by Crippen LogP contribution is 2.26. The lowest BCUT2D eigenvalue weighted by Gasteiger charge is -2.07. The van der Waals surface area contributed by atoms with Crippen molar-refractivity contribution in [3.05, 3.63) is 35.2 Å². The van der Waals surface area contributed by atoms with Crippen molar-refractivity contribution in [1.29, 1.82) is 0 Å². The maximum atomic E-state index is 5.82. The minimum absolute atomic E-state index is 0.396. The van der Waals surface area contributed by atoms with E-state index >= 15 is 0 Å². The first-order valence-electron chi connectivity index (χ1n) is 6.14. The zero-order chi connectivity index (χ0) is 14.4. The third kappa shape index (κ3) is 4.33. The Labute approximate surface area is 127 Å². The van der Waals surface area contributed by atoms with Gasteiger partial charge in [-0.15, -0.1) is 0 Å². The highest BCUT2D eigenvalue weighted by atomic mass is 35.5. The molecule has 0 radical (unpaired) electrons. The van der Waals surface area contributed by atoms with E-state index in [2.05, 4.69) is 20.3 Å². The summed E-state index contributed by atoms with van der Waals surface area (Å²) in [6.07, 6.45) is 1.62. The Kier molecular flexibility index (Phi) is 5.58. The van der Waals surface area contributed by atoms with Gasteiger partial charge in [-0.25, -0.2) is 15.0 Å². The number of aromatic nitrogens is 3. The van der Waals surface area contributed by atoms with Gasteiger partial charge >= 0.3 is 0 Å². The first kappa shape index (κ1) is 15.0. The zero-order valence-corrected chi connectivity index (χ0v) is 12.8. The van der Waals surface area contributed by atoms with Gasteiger partial charge in [0.05, 0.1) is 5.02 Å². The molecule has 1 N–H and O–H groups in total. The average Bonchev–Trinajstić information content (AvgIpc) is 2.47. The topological polar surface area (TPSA) is 59.9 Å². The van der Waals surface area contributed by atoms with Gasteiger partial charge in [0, 0.05) is 25.9 Å². The molecule has 2 aromatic heterocycles. The maximum absolute atomic E-state index is 5.82. The monoisotopic (exact) mass is 310 g/mol. The predicted molar refractivity (Wildman–Crippen MR) is 80.3 cm³/mol. The molecule has 0 aliphatic carbocycles. The van der Waals surface area contributed by atoms with Crippen molar-refractivity contribution in [2.24, 2.45) is 0 Å². The molecule has 2 aromatic rings. The molecule has 7 heteroatoms. The van der Waals surface area contributed by atoms with Crippen LogP contribution in [0.3, 0.4) is 0 Å². The molecule has 0 aliphatic rings. The smallest absolute Gasteiger partial charge is 0.157 e. The average molecular weight is 311 g/mol. The van der Waals surface area contributed by atoms with E-state index in [4.69, 9.17) is 16.3 Å². The third-order valence-electron chi connectivity index (χ3n) is 2.35. The summed E-state index contributed by atoms with van der Waals surface area (Å²) < 4.78 is 5.34. The molecule has 0 unspecified atom stereocenters. The third-order valence-corrected chi connectivity index (χ3v) is 3.44. The van der Waals surface area contributed by atoms with E-state index < -0.39 is 0 Å². The van der Waals surface area contributed by atoms with Crippen LogP contribution < -0.4 is 5.32 Å². The van der Waals surface area contributed by atoms with Crippen LogP contribution in [-0.4, -0.2) is 28.6 Å². The van der Waals surface area contributed by atoms with E-state index in [1.165, 1.54) is 11.8 Å². The fourth-order valence-electron chi connectivity index (χ4n) is 1.44. The maximum Gasteiger partial charge on any atom is 0.157 e. The largest absolute Gasteiger partial charge is 0.374 e. The second kappa shape index (κ2) is 7.42. The summed E-state index contributed by atoms with van der Waals surface area (Å²) in [6.45, 7) is 2.97. The SMILES string of the molecule is CCOCc1nc(NC)cc(Sc2ccc(Cl)cn2)n1. The lowest BCUT2D eigenvalue weighted by molar-refractivity contribution is 0.128. The van der Waals surface area contributed by atoms with Gasteiger partial charge in [0.1, 0.15) is 22.5 Å². The van der Waals surface area contributed by atoms with Crippen molar-refractivity contribution in [2.45, 2.75) is 23.6 Å². The number of nitrogens with one attached hydrogen (secondary N) is 1. The van der Waals surface area contributed by atoms with Gasteiger partial charge in [0.2, 0.25) is 0 Å². The summed E-state index contributed by atoms with van der Waals surface area (Å²) in [6, 6.07) is 5.53. The van der Waals surface area contributed by atoms with E-state index in [0.29, 0.717) is 24.1 Å². The van der Waals surface area contributed by atoms with Gasteiger partial charge in [0.25, 0.3) is 0 Å². The van der Waals surface area contributed by atoms with Crippen molar-refractivity contribution >= 4 is 29.2 Å². The second-order valence-electron chi connectivity index (χ2n) is 3.81. The van der Waals surface area contributed by atoms with Gasteiger partial charge in [-0.05, 0) is 30.8 Å². The second-order valence-corrected chi connectivity index (χ2v) is 5.29. The number of pyridine rings is 1. The van der Waals surface area contributed by atoms with Gasteiger partial charge in [-0.3, -0.25) is 0 Å². The standard InChI is InChI=1S/C13H15ClN4OS/c1-3-19-8-11-17-10(15-2)6-13(18-11)20-12-5-4-9(14)7-16-12/h4-7H,3,8H2,1-2H3,(H,15,17,18). The van der Waals surface area contributed by atoms with Crippen LogP contribution >= 0.6 is 23.4 Å². The van der Waals surface area contributed by atoms with Crippen LogP contribution in [0, 0.1) is 0 Å². The van der Waals surface area contributed by atoms with Crippen molar-refractivity contribution in [3.8, 4) is 0 Å². The molecule has 0 saturated heterocycles. The lowest BCUT2D eigenvalue weighted by atomic mass is 10.5. The van der Waals surface area contributed by atoms with E-state index in [-0.39, 0.29) is 0 Å². The summed E-state index contributed by atoms with van der Waals surface area (Å²) in [4.78, 5) is 13.0. The van der Waals surface area contributed by atoms with Crippen LogP contribution in [0.5, 0.6) is 0 Å². The van der Waals surface area contributed by atoms with E-state index in [0.717, 1.165) is 15.9 Å². The molecule has 0 atom stereocenters. The molecule has 0 spiro atoms. The van der Waals surface area contributed by atoms with Gasteiger partial charge in [0.15, 0.2) is 5.82 Å². The summed E-state index contributed by atoms with van der Waals surface area (Å²) >= 11 is 7.28. The lowest BCUT2D eigenvalue weighted by Crippen LogP contribution is -2.03. The molecule has 0 aromatic carbocycles. The minimum Gasteiger partial charge on any atom is -0.374 e. The Morgan fingerprint density at radius 3 is 2.80 bits per heavy atom. The molecule has 2 rings (SSSR count). The highest BCUT2D eigenvalue weighted by molar-refractivity contribution is 7.99. The number of halogens is 1. The highest BCUT2D eigenvalue weighted by Gasteiger charge is 2.06. The number of nitrogens with zero attached hydrogens (tertiary/aromatic N) is 3. The summed E-state index contributed by atoms with van der Waals surface area (Å²) in [5, 5.41) is 5.28. The molecule has 20 heavy (non-hydrogen) atoms. The number of rotatable bonds is 6. The van der Waals surface area contributed by atoms with Crippen LogP contribution in [0.1, 0.15) is 12.7 Å². The Morgan fingerprint density at radius 1 is 1.30 bits per heavy atom. The van der Waals surface area contributed by atoms with E-state index in [1.54, 1.807) is 12.3 Å². The van der Waals surface area contributed by atoms with Gasteiger partial charge in [-0.1, -0.05) is 11.6 Å². The van der Waals surface area contributed by atoms with Crippen LogP contribution in [-0.2, 0) is 11.3 Å². The molecule has 0 amide bonds. The Morgan fingerprint density at radius 2 is 2.15 bits per heavy atom. The normalized spacial score (nSPS) is 10.6. The fourth-order valence-corrected chi connectivity index (χ4v) is 2.33. The Bertz CT molecular complexity index is 565. The fraction of sp³-hybridized carbons (Fsp3) is 0.308. The molecular weight excluding hydrogens is 296 g/mol. The Balaban J connectivity index is 2.19. The van der Waals surface area contributed by atoms with Crippen molar-refractivity contribution in [1.82, 2.24) is 15.0 Å². The van der Waals surface area contributed by atoms with Gasteiger partial charge in [-0.2, -0.15) is 0 Å². The molecule has 0 aliphatic heterocycles. The Hall–Kier alpha value is -1.37. The van der Waals surface area contributed by atoms with Crippen molar-refractivity contribution in [3.63, 3.8) is 0 Å². The predicted octanol–water partition coefficient (Wildman–Crippen LogP) is 3.25. The molecule has 0 saturated carbocycles. The summed E-state index contributed by atoms with van der Waals surface area (Å²) in [5.74, 6) is 1.40. The van der Waals surface area contributed by atoms with E-state index in [1.807, 2.05) is 26.1 Å². The van der Waals surface area contributed by atoms with Gasteiger partial charge < -0.3 is 10.1 Å². The first-order valence-corrected chi connectivity index (χ1v) is 7.33. The number of hydrogen-bond donors (Lipinski definition) is 1. The molecule has 0 bridgehead atoms. The van der Waals surface area contributed by atoms with Crippen LogP contribution in [0.15, 0.2) is 34.4 Å². The number of anilines is 1. The number of hydrogen-bond acceptors (Lipinski definition) is 6. The zero-order valence-electron chi connectivity index (χ0n) is 11.3.